The van der Waals surface area contributed by atoms with Gasteiger partial charge in [0.1, 0.15) is 11.6 Å². The maximum atomic E-state index is 13.3. The second kappa shape index (κ2) is 6.56. The van der Waals surface area contributed by atoms with Crippen molar-refractivity contribution < 1.29 is 17.7 Å². The van der Waals surface area contributed by atoms with Crippen molar-refractivity contribution in [3.8, 4) is 0 Å². The van der Waals surface area contributed by atoms with E-state index in [9.17, 15) is 13.0 Å². The first-order valence-corrected chi connectivity index (χ1v) is 6.90. The molecule has 2 nitrogen and oxygen atoms in total. The Morgan fingerprint density at radius 2 is 1.83 bits per heavy atom. The molecule has 0 aliphatic rings. The Morgan fingerprint density at radius 1 is 1.00 bits per heavy atom. The number of halogens is 3. The van der Waals surface area contributed by atoms with Gasteiger partial charge in [0, 0.05) is 17.0 Å². The Morgan fingerprint density at radius 3 is 2.61 bits per heavy atom. The molecule has 0 unspecified atom stereocenters. The van der Waals surface area contributed by atoms with Crippen LogP contribution in [-0.4, -0.2) is 12.5 Å². The van der Waals surface area contributed by atoms with Crippen LogP contribution in [0.3, 0.4) is 0 Å². The average Bonchev–Trinajstić information content (AvgIpc) is 2.54. The molecule has 0 saturated heterocycles. The lowest BCUT2D eigenvalue weighted by molar-refractivity contribution is 0.398. The van der Waals surface area contributed by atoms with Crippen molar-refractivity contribution in [2.75, 3.05) is 0 Å². The SMILES string of the molecule is FB(F)O/C(=C\c1ccc2ccccc2n1)c1cccc(F)c1. The Hall–Kier alpha value is -2.76. The smallest absolute Gasteiger partial charge is 0.505 e. The minimum Gasteiger partial charge on any atom is -0.505 e. The summed E-state index contributed by atoms with van der Waals surface area (Å²) in [4.78, 5) is 4.38. The van der Waals surface area contributed by atoms with Crippen molar-refractivity contribution in [3.05, 3.63) is 77.7 Å². The standard InChI is InChI=1S/C17H11BF3NO/c19-14-6-3-5-13(10-14)17(23-18(20)21)11-15-9-8-12-4-1-2-7-16(12)22-15/h1-11H/b17-11-. The van der Waals surface area contributed by atoms with Gasteiger partial charge >= 0.3 is 7.47 Å². The van der Waals surface area contributed by atoms with E-state index in [1.807, 2.05) is 30.3 Å². The van der Waals surface area contributed by atoms with Crippen molar-refractivity contribution in [3.63, 3.8) is 0 Å². The predicted octanol–water partition coefficient (Wildman–Crippen LogP) is 4.81. The molecule has 1 aromatic heterocycles. The van der Waals surface area contributed by atoms with Gasteiger partial charge in [0.2, 0.25) is 0 Å². The first-order chi connectivity index (χ1) is 11.1. The first kappa shape index (κ1) is 15.2. The summed E-state index contributed by atoms with van der Waals surface area (Å²) < 4.78 is 43.2. The van der Waals surface area contributed by atoms with Gasteiger partial charge in [-0.1, -0.05) is 36.4 Å². The van der Waals surface area contributed by atoms with Crippen LogP contribution in [0.2, 0.25) is 0 Å². The molecule has 114 valence electrons. The molecule has 3 aromatic rings. The summed E-state index contributed by atoms with van der Waals surface area (Å²) >= 11 is 0. The Balaban J connectivity index is 2.05. The number of benzene rings is 2. The third-order valence-corrected chi connectivity index (χ3v) is 3.22. The quantitative estimate of drug-likeness (QED) is 0.509. The van der Waals surface area contributed by atoms with Gasteiger partial charge in [-0.05, 0) is 24.3 Å². The second-order valence-corrected chi connectivity index (χ2v) is 4.83. The van der Waals surface area contributed by atoms with Crippen LogP contribution >= 0.6 is 0 Å². The van der Waals surface area contributed by atoms with E-state index in [-0.39, 0.29) is 11.3 Å². The molecule has 6 heteroatoms. The molecule has 1 heterocycles. The number of aromatic nitrogens is 1. The van der Waals surface area contributed by atoms with Gasteiger partial charge in [0.05, 0.1) is 11.2 Å². The molecule has 0 spiro atoms. The summed E-state index contributed by atoms with van der Waals surface area (Å²) in [5, 5.41) is 0.937. The van der Waals surface area contributed by atoms with Crippen LogP contribution in [-0.2, 0) is 4.65 Å². The van der Waals surface area contributed by atoms with E-state index in [0.29, 0.717) is 5.69 Å². The number of pyridine rings is 1. The topological polar surface area (TPSA) is 22.1 Å². The summed E-state index contributed by atoms with van der Waals surface area (Å²) in [6.45, 7) is 0. The Bertz CT molecular complexity index is 867. The largest absolute Gasteiger partial charge is 0.796 e. The lowest BCUT2D eigenvalue weighted by Gasteiger charge is -2.09. The van der Waals surface area contributed by atoms with E-state index in [0.717, 1.165) is 17.0 Å². The maximum absolute atomic E-state index is 13.3. The summed E-state index contributed by atoms with van der Waals surface area (Å²) in [6.07, 6.45) is 1.37. The number of hydrogen-bond acceptors (Lipinski definition) is 2. The fraction of sp³-hybridized carbons (Fsp3) is 0. The van der Waals surface area contributed by atoms with Crippen molar-refractivity contribution >= 4 is 30.2 Å². The van der Waals surface area contributed by atoms with E-state index in [2.05, 4.69) is 9.64 Å². The van der Waals surface area contributed by atoms with Gasteiger partial charge in [-0.15, -0.1) is 0 Å². The van der Waals surface area contributed by atoms with E-state index >= 15 is 0 Å². The van der Waals surface area contributed by atoms with Crippen LogP contribution in [0.5, 0.6) is 0 Å². The van der Waals surface area contributed by atoms with E-state index in [1.165, 1.54) is 24.3 Å². The van der Waals surface area contributed by atoms with Crippen molar-refractivity contribution in [2.45, 2.75) is 0 Å². The van der Waals surface area contributed by atoms with Crippen molar-refractivity contribution in [2.24, 2.45) is 0 Å². The fourth-order valence-corrected chi connectivity index (χ4v) is 2.22. The van der Waals surface area contributed by atoms with Gasteiger partial charge < -0.3 is 4.65 Å². The zero-order valence-electron chi connectivity index (χ0n) is 11.9. The van der Waals surface area contributed by atoms with Gasteiger partial charge in [-0.2, -0.15) is 0 Å². The minimum absolute atomic E-state index is 0.137. The lowest BCUT2D eigenvalue weighted by atomic mass is 10.1. The van der Waals surface area contributed by atoms with Gasteiger partial charge in [-0.3, -0.25) is 0 Å². The molecule has 0 radical (unpaired) electrons. The zero-order valence-corrected chi connectivity index (χ0v) is 11.9. The van der Waals surface area contributed by atoms with Gasteiger partial charge in [0.25, 0.3) is 0 Å². The Kier molecular flexibility index (Phi) is 4.32. The van der Waals surface area contributed by atoms with Crippen LogP contribution in [0, 0.1) is 5.82 Å². The summed E-state index contributed by atoms with van der Waals surface area (Å²) in [6, 6.07) is 16.3. The molecule has 2 aromatic carbocycles. The van der Waals surface area contributed by atoms with Crippen molar-refractivity contribution in [1.82, 2.24) is 4.98 Å². The third-order valence-electron chi connectivity index (χ3n) is 3.22. The number of hydrogen-bond donors (Lipinski definition) is 0. The van der Waals surface area contributed by atoms with Crippen LogP contribution in [0.4, 0.5) is 13.0 Å². The molecule has 0 atom stereocenters. The third kappa shape index (κ3) is 3.72. The number of nitrogens with zero attached hydrogens (tertiary/aromatic N) is 1. The highest BCUT2D eigenvalue weighted by Crippen LogP contribution is 2.22. The highest BCUT2D eigenvalue weighted by Gasteiger charge is 2.20. The van der Waals surface area contributed by atoms with E-state index in [1.54, 1.807) is 6.07 Å². The van der Waals surface area contributed by atoms with E-state index in [4.69, 9.17) is 0 Å². The molecule has 3 rings (SSSR count). The number of rotatable bonds is 4. The molecule has 0 amide bonds. The molecular weight excluding hydrogens is 302 g/mol. The monoisotopic (exact) mass is 313 g/mol. The zero-order chi connectivity index (χ0) is 16.2. The van der Waals surface area contributed by atoms with Crippen LogP contribution in [0.25, 0.3) is 22.7 Å². The van der Waals surface area contributed by atoms with Crippen LogP contribution < -0.4 is 0 Å². The van der Waals surface area contributed by atoms with Crippen LogP contribution in [0.15, 0.2) is 60.7 Å². The normalized spacial score (nSPS) is 11.5. The first-order valence-electron chi connectivity index (χ1n) is 6.90. The maximum Gasteiger partial charge on any atom is 0.796 e. The summed E-state index contributed by atoms with van der Waals surface area (Å²) in [5.41, 5.74) is 1.40. The molecule has 0 N–H and O–H groups in total. The molecule has 0 aliphatic heterocycles. The van der Waals surface area contributed by atoms with E-state index < -0.39 is 13.3 Å². The van der Waals surface area contributed by atoms with Gasteiger partial charge in [0.15, 0.2) is 0 Å². The lowest BCUT2D eigenvalue weighted by Crippen LogP contribution is -2.04. The minimum atomic E-state index is -3.01. The van der Waals surface area contributed by atoms with Gasteiger partial charge in [-0.25, -0.2) is 18.0 Å². The molecule has 23 heavy (non-hydrogen) atoms. The molecule has 0 aliphatic carbocycles. The predicted molar refractivity (Wildman–Crippen MR) is 85.1 cm³/mol. The molecule has 0 fully saturated rings. The summed E-state index contributed by atoms with van der Waals surface area (Å²) in [7, 11) is -3.01. The average molecular weight is 313 g/mol. The number of para-hydroxylation sites is 1. The van der Waals surface area contributed by atoms with Crippen LogP contribution in [0.1, 0.15) is 11.3 Å². The number of fused-ring (bicyclic) bond motifs is 1. The molecular formula is C17H11BF3NO. The highest BCUT2D eigenvalue weighted by molar-refractivity contribution is 6.36. The second-order valence-electron chi connectivity index (χ2n) is 4.83. The van der Waals surface area contributed by atoms with Crippen molar-refractivity contribution in [1.29, 1.82) is 0 Å². The molecule has 0 bridgehead atoms. The fourth-order valence-electron chi connectivity index (χ4n) is 2.22. The Labute approximate surface area is 131 Å². The molecule has 0 saturated carbocycles. The highest BCUT2D eigenvalue weighted by atomic mass is 19.2. The summed E-state index contributed by atoms with van der Waals surface area (Å²) in [5.74, 6) is -0.667.